The first kappa shape index (κ1) is 18.1. The third kappa shape index (κ3) is 3.68. The molecule has 2 aliphatic rings. The van der Waals surface area contributed by atoms with Gasteiger partial charge in [0.05, 0.1) is 35.9 Å². The number of nitrogens with zero attached hydrogens (tertiary/aromatic N) is 8. The van der Waals surface area contributed by atoms with Gasteiger partial charge in [0.15, 0.2) is 0 Å². The second-order valence-corrected chi connectivity index (χ2v) is 7.37. The summed E-state index contributed by atoms with van der Waals surface area (Å²) in [5, 5.41) is 14.0. The third-order valence-electron chi connectivity index (χ3n) is 5.42. The molecule has 1 fully saturated rings. The number of ether oxygens (including phenoxy) is 1. The summed E-state index contributed by atoms with van der Waals surface area (Å²) in [6.07, 6.45) is 5.46. The highest BCUT2D eigenvalue weighted by Gasteiger charge is 2.24. The second kappa shape index (κ2) is 7.80. The zero-order valence-corrected chi connectivity index (χ0v) is 16.4. The van der Waals surface area contributed by atoms with Gasteiger partial charge in [-0.1, -0.05) is 0 Å². The zero-order valence-electron chi connectivity index (χ0n) is 16.4. The lowest BCUT2D eigenvalue weighted by Gasteiger charge is -2.31. The smallest absolute Gasteiger partial charge is 0.229 e. The maximum Gasteiger partial charge on any atom is 0.229 e. The highest BCUT2D eigenvalue weighted by atomic mass is 16.5. The van der Waals surface area contributed by atoms with Crippen LogP contribution < -0.4 is 4.90 Å². The van der Waals surface area contributed by atoms with Crippen molar-refractivity contribution in [3.63, 3.8) is 0 Å². The molecule has 150 valence electrons. The molecule has 0 saturated carbocycles. The van der Waals surface area contributed by atoms with Crippen LogP contribution in [0.3, 0.4) is 0 Å². The van der Waals surface area contributed by atoms with E-state index < -0.39 is 0 Å². The number of fused-ring (bicyclic) bond motifs is 1. The van der Waals surface area contributed by atoms with Crippen molar-refractivity contribution in [2.24, 2.45) is 0 Å². The fourth-order valence-corrected chi connectivity index (χ4v) is 3.82. The van der Waals surface area contributed by atoms with Crippen molar-refractivity contribution >= 4 is 11.6 Å². The predicted octanol–water partition coefficient (Wildman–Crippen LogP) is 1.28. The van der Waals surface area contributed by atoms with Crippen LogP contribution in [0.15, 0.2) is 18.5 Å². The largest absolute Gasteiger partial charge is 0.379 e. The van der Waals surface area contributed by atoms with Gasteiger partial charge in [-0.05, 0) is 36.6 Å². The van der Waals surface area contributed by atoms with Gasteiger partial charge in [-0.15, -0.1) is 10.2 Å². The Kier molecular flexibility index (Phi) is 4.86. The number of hydrogen-bond acceptors (Lipinski definition) is 9. The van der Waals surface area contributed by atoms with Gasteiger partial charge < -0.3 is 9.64 Å². The Morgan fingerprint density at radius 3 is 2.72 bits per heavy atom. The maximum absolute atomic E-state index is 5.46. The zero-order chi connectivity index (χ0) is 19.6. The van der Waals surface area contributed by atoms with Crippen molar-refractivity contribution in [1.29, 1.82) is 0 Å². The molecule has 3 aromatic heterocycles. The first-order valence-electron chi connectivity index (χ1n) is 9.91. The Labute approximate surface area is 168 Å². The topological polar surface area (TPSA) is 109 Å². The lowest BCUT2D eigenvalue weighted by atomic mass is 10.0. The highest BCUT2D eigenvalue weighted by Crippen LogP contribution is 2.32. The van der Waals surface area contributed by atoms with Gasteiger partial charge in [-0.3, -0.25) is 9.88 Å². The SMILES string of the molecule is Cc1cc2c(nc1CN1CCOCC1)CCCN2c1ncc(-c2nn[nH]n2)cn1. The van der Waals surface area contributed by atoms with Gasteiger partial charge >= 0.3 is 0 Å². The van der Waals surface area contributed by atoms with E-state index in [1.54, 1.807) is 12.4 Å². The van der Waals surface area contributed by atoms with Crippen molar-refractivity contribution in [3.8, 4) is 11.4 Å². The van der Waals surface area contributed by atoms with Crippen LogP contribution in [-0.2, 0) is 17.7 Å². The standard InChI is InChI=1S/C19H23N9O/c1-13-9-17-15(22-16(13)12-27-5-7-29-8-6-27)3-2-4-28(17)19-20-10-14(11-21-19)18-23-25-26-24-18/h9-11H,2-8,12H2,1H3,(H,23,24,25,26). The van der Waals surface area contributed by atoms with Crippen molar-refractivity contribution < 1.29 is 4.74 Å². The second-order valence-electron chi connectivity index (χ2n) is 7.37. The van der Waals surface area contributed by atoms with Crippen molar-refractivity contribution in [1.82, 2.24) is 40.5 Å². The Morgan fingerprint density at radius 2 is 1.97 bits per heavy atom. The molecule has 29 heavy (non-hydrogen) atoms. The first-order valence-corrected chi connectivity index (χ1v) is 9.91. The molecule has 0 spiro atoms. The van der Waals surface area contributed by atoms with Gasteiger partial charge in [-0.2, -0.15) is 5.21 Å². The van der Waals surface area contributed by atoms with E-state index >= 15 is 0 Å². The Morgan fingerprint density at radius 1 is 1.14 bits per heavy atom. The van der Waals surface area contributed by atoms with Crippen LogP contribution in [0.1, 0.15) is 23.4 Å². The Hall–Kier alpha value is -2.98. The molecule has 0 atom stereocenters. The molecule has 1 saturated heterocycles. The van der Waals surface area contributed by atoms with E-state index in [0.717, 1.165) is 74.9 Å². The van der Waals surface area contributed by atoms with Gasteiger partial charge in [0.2, 0.25) is 11.8 Å². The number of aryl methyl sites for hydroxylation is 2. The van der Waals surface area contributed by atoms with Gasteiger partial charge in [0.25, 0.3) is 0 Å². The molecular formula is C19H23N9O. The molecule has 5 rings (SSSR count). The Bertz CT molecular complexity index is 968. The van der Waals surface area contributed by atoms with E-state index in [1.807, 2.05) is 0 Å². The number of nitrogens with one attached hydrogen (secondary N) is 1. The summed E-state index contributed by atoms with van der Waals surface area (Å²) in [5.41, 5.74) is 5.31. The molecule has 0 radical (unpaired) electrons. The summed E-state index contributed by atoms with van der Waals surface area (Å²) in [6.45, 7) is 7.41. The number of anilines is 2. The highest BCUT2D eigenvalue weighted by molar-refractivity contribution is 5.64. The molecule has 10 nitrogen and oxygen atoms in total. The maximum atomic E-state index is 5.46. The number of H-pyrrole nitrogens is 1. The van der Waals surface area contributed by atoms with Crippen LogP contribution in [0.2, 0.25) is 0 Å². The van der Waals surface area contributed by atoms with Crippen molar-refractivity contribution in [2.45, 2.75) is 26.3 Å². The number of aromatic nitrogens is 7. The number of hydrogen-bond donors (Lipinski definition) is 1. The van der Waals surface area contributed by atoms with Crippen LogP contribution >= 0.6 is 0 Å². The van der Waals surface area contributed by atoms with E-state index in [9.17, 15) is 0 Å². The molecule has 0 unspecified atom stereocenters. The Balaban J connectivity index is 1.40. The minimum atomic E-state index is 0.487. The molecule has 1 N–H and O–H groups in total. The minimum Gasteiger partial charge on any atom is -0.379 e. The third-order valence-corrected chi connectivity index (χ3v) is 5.42. The van der Waals surface area contributed by atoms with E-state index in [4.69, 9.17) is 9.72 Å². The minimum absolute atomic E-state index is 0.487. The normalized spacial score (nSPS) is 17.3. The molecule has 0 aromatic carbocycles. The summed E-state index contributed by atoms with van der Waals surface area (Å²) in [5.74, 6) is 1.15. The summed E-state index contributed by atoms with van der Waals surface area (Å²) >= 11 is 0. The number of aromatic amines is 1. The summed E-state index contributed by atoms with van der Waals surface area (Å²) in [4.78, 5) is 18.7. The average molecular weight is 393 g/mol. The van der Waals surface area contributed by atoms with E-state index in [-0.39, 0.29) is 0 Å². The molecule has 0 amide bonds. The van der Waals surface area contributed by atoms with Crippen LogP contribution in [0.4, 0.5) is 11.6 Å². The van der Waals surface area contributed by atoms with E-state index in [0.29, 0.717) is 11.8 Å². The van der Waals surface area contributed by atoms with Crippen molar-refractivity contribution in [3.05, 3.63) is 35.4 Å². The summed E-state index contributed by atoms with van der Waals surface area (Å²) in [7, 11) is 0. The first-order chi connectivity index (χ1) is 14.3. The number of tetrazole rings is 1. The van der Waals surface area contributed by atoms with Crippen LogP contribution in [0, 0.1) is 6.92 Å². The van der Waals surface area contributed by atoms with Gasteiger partial charge in [-0.25, -0.2) is 9.97 Å². The predicted molar refractivity (Wildman–Crippen MR) is 106 cm³/mol. The average Bonchev–Trinajstić information content (AvgIpc) is 3.30. The lowest BCUT2D eigenvalue weighted by Crippen LogP contribution is -2.36. The molecule has 10 heteroatoms. The molecular weight excluding hydrogens is 370 g/mol. The molecule has 3 aromatic rings. The van der Waals surface area contributed by atoms with Crippen molar-refractivity contribution in [2.75, 3.05) is 37.7 Å². The molecule has 2 aliphatic heterocycles. The van der Waals surface area contributed by atoms with Crippen LogP contribution in [-0.4, -0.2) is 73.3 Å². The number of morpholine rings is 1. The molecule has 0 aliphatic carbocycles. The quantitative estimate of drug-likeness (QED) is 0.701. The summed E-state index contributed by atoms with van der Waals surface area (Å²) in [6, 6.07) is 2.23. The van der Waals surface area contributed by atoms with Gasteiger partial charge in [0.1, 0.15) is 0 Å². The number of rotatable bonds is 4. The number of pyridine rings is 1. The fourth-order valence-electron chi connectivity index (χ4n) is 3.82. The monoisotopic (exact) mass is 393 g/mol. The summed E-state index contributed by atoms with van der Waals surface area (Å²) < 4.78 is 5.46. The molecule has 0 bridgehead atoms. The van der Waals surface area contributed by atoms with E-state index in [1.165, 1.54) is 5.56 Å². The van der Waals surface area contributed by atoms with Gasteiger partial charge in [0, 0.05) is 38.6 Å². The van der Waals surface area contributed by atoms with Crippen LogP contribution in [0.5, 0.6) is 0 Å². The molecule has 5 heterocycles. The fraction of sp³-hybridized carbons (Fsp3) is 0.474. The lowest BCUT2D eigenvalue weighted by molar-refractivity contribution is 0.0335. The van der Waals surface area contributed by atoms with E-state index in [2.05, 4.69) is 53.4 Å². The van der Waals surface area contributed by atoms with Crippen LogP contribution in [0.25, 0.3) is 11.4 Å².